The molecule has 110 valence electrons. The Hall–Kier alpha value is -2.12. The smallest absolute Gasteiger partial charge is 0.255 e. The highest BCUT2D eigenvalue weighted by Crippen LogP contribution is 2.15. The largest absolute Gasteiger partial charge is 0.484 e. The topological polar surface area (TPSA) is 103 Å². The number of nitrogens with one attached hydrogen (secondary N) is 2. The fourth-order valence-electron chi connectivity index (χ4n) is 1.37. The van der Waals surface area contributed by atoms with E-state index in [-0.39, 0.29) is 19.1 Å². The number of primary amides is 1. The summed E-state index contributed by atoms with van der Waals surface area (Å²) in [6.45, 7) is 1.21. The fraction of sp³-hybridized carbons (Fsp3) is 0.385. The lowest BCUT2D eigenvalue weighted by atomic mass is 10.3. The molecule has 4 N–H and O–H groups in total. The summed E-state index contributed by atoms with van der Waals surface area (Å²) in [5, 5.41) is 5.66. The van der Waals surface area contributed by atoms with Crippen LogP contribution in [-0.4, -0.2) is 45.2 Å². The third-order valence-electron chi connectivity index (χ3n) is 2.29. The number of nitrogens with two attached hydrogens (primary N) is 1. The molecular formula is C13H19N3O4. The number of carbonyl (C=O) groups excluding carboxylic acids is 2. The molecule has 0 aromatic heterocycles. The molecule has 0 spiro atoms. The van der Waals surface area contributed by atoms with Gasteiger partial charge in [0.15, 0.2) is 6.61 Å². The Bertz CT molecular complexity index is 434. The second kappa shape index (κ2) is 8.89. The van der Waals surface area contributed by atoms with Gasteiger partial charge in [0.25, 0.3) is 5.91 Å². The number of amides is 2. The van der Waals surface area contributed by atoms with Crippen molar-refractivity contribution in [2.24, 2.45) is 5.73 Å². The van der Waals surface area contributed by atoms with Gasteiger partial charge < -0.3 is 25.8 Å². The normalized spacial score (nSPS) is 10.1. The monoisotopic (exact) mass is 281 g/mol. The summed E-state index contributed by atoms with van der Waals surface area (Å²) in [7, 11) is 1.60. The highest BCUT2D eigenvalue weighted by molar-refractivity contribution is 5.92. The molecule has 1 rings (SSSR count). The van der Waals surface area contributed by atoms with E-state index in [4.69, 9.17) is 15.2 Å². The SMILES string of the molecule is COCCNCC(=O)Nc1ccc(OCC(N)=O)cc1. The number of methoxy groups -OCH3 is 1. The minimum Gasteiger partial charge on any atom is -0.484 e. The van der Waals surface area contributed by atoms with E-state index >= 15 is 0 Å². The minimum absolute atomic E-state index is 0.146. The molecular weight excluding hydrogens is 262 g/mol. The number of carbonyl (C=O) groups is 2. The fourth-order valence-corrected chi connectivity index (χ4v) is 1.37. The Morgan fingerprint density at radius 2 is 1.95 bits per heavy atom. The summed E-state index contributed by atoms with van der Waals surface area (Å²) in [6, 6.07) is 6.67. The van der Waals surface area contributed by atoms with E-state index in [0.717, 1.165) is 0 Å². The second-order valence-electron chi connectivity index (χ2n) is 4.00. The van der Waals surface area contributed by atoms with Crippen LogP contribution in [-0.2, 0) is 14.3 Å². The molecule has 20 heavy (non-hydrogen) atoms. The lowest BCUT2D eigenvalue weighted by Gasteiger charge is -2.08. The summed E-state index contributed by atoms with van der Waals surface area (Å²) in [6.07, 6.45) is 0. The zero-order valence-corrected chi connectivity index (χ0v) is 11.3. The van der Waals surface area contributed by atoms with Crippen molar-refractivity contribution in [3.8, 4) is 5.75 Å². The third kappa shape index (κ3) is 6.72. The lowest BCUT2D eigenvalue weighted by Crippen LogP contribution is -2.30. The molecule has 2 amide bonds. The zero-order valence-electron chi connectivity index (χ0n) is 11.3. The molecule has 7 heteroatoms. The molecule has 0 saturated carbocycles. The standard InChI is InChI=1S/C13H19N3O4/c1-19-7-6-15-8-13(18)16-10-2-4-11(5-3-10)20-9-12(14)17/h2-5,15H,6-9H2,1H3,(H2,14,17)(H,16,18). The van der Waals surface area contributed by atoms with Crippen molar-refractivity contribution in [3.05, 3.63) is 24.3 Å². The summed E-state index contributed by atoms with van der Waals surface area (Å²) in [5.41, 5.74) is 5.62. The van der Waals surface area contributed by atoms with Gasteiger partial charge in [-0.05, 0) is 24.3 Å². The molecule has 7 nitrogen and oxygen atoms in total. The van der Waals surface area contributed by atoms with Gasteiger partial charge in [-0.3, -0.25) is 9.59 Å². The third-order valence-corrected chi connectivity index (χ3v) is 2.29. The van der Waals surface area contributed by atoms with Crippen LogP contribution in [0.5, 0.6) is 5.75 Å². The van der Waals surface area contributed by atoms with E-state index in [0.29, 0.717) is 24.6 Å². The molecule has 0 aliphatic carbocycles. The minimum atomic E-state index is -0.537. The molecule has 0 atom stereocenters. The first-order valence-electron chi connectivity index (χ1n) is 6.12. The Kier molecular flexibility index (Phi) is 7.08. The van der Waals surface area contributed by atoms with Gasteiger partial charge in [-0.1, -0.05) is 0 Å². The predicted octanol–water partition coefficient (Wildman–Crippen LogP) is -0.275. The van der Waals surface area contributed by atoms with Crippen LogP contribution >= 0.6 is 0 Å². The van der Waals surface area contributed by atoms with Crippen molar-refractivity contribution in [3.63, 3.8) is 0 Å². The molecule has 0 fully saturated rings. The maximum Gasteiger partial charge on any atom is 0.255 e. The van der Waals surface area contributed by atoms with Crippen molar-refractivity contribution >= 4 is 17.5 Å². The van der Waals surface area contributed by atoms with Crippen LogP contribution in [0.3, 0.4) is 0 Å². The van der Waals surface area contributed by atoms with Crippen molar-refractivity contribution in [1.29, 1.82) is 0 Å². The first-order valence-corrected chi connectivity index (χ1v) is 6.12. The van der Waals surface area contributed by atoms with E-state index < -0.39 is 5.91 Å². The summed E-state index contributed by atoms with van der Waals surface area (Å²) in [5.74, 6) is -0.170. The molecule has 0 aliphatic heterocycles. The van der Waals surface area contributed by atoms with Gasteiger partial charge >= 0.3 is 0 Å². The van der Waals surface area contributed by atoms with Gasteiger partial charge in [-0.15, -0.1) is 0 Å². The number of anilines is 1. The van der Waals surface area contributed by atoms with Gasteiger partial charge in [0.2, 0.25) is 5.91 Å². The maximum atomic E-state index is 11.6. The lowest BCUT2D eigenvalue weighted by molar-refractivity contribution is -0.120. The number of rotatable bonds is 9. The summed E-state index contributed by atoms with van der Waals surface area (Å²) in [4.78, 5) is 22.1. The molecule has 0 heterocycles. The quantitative estimate of drug-likeness (QED) is 0.540. The molecule has 0 bridgehead atoms. The zero-order chi connectivity index (χ0) is 14.8. The number of hydrogen-bond acceptors (Lipinski definition) is 5. The first kappa shape index (κ1) is 15.9. The molecule has 0 aliphatic rings. The van der Waals surface area contributed by atoms with E-state index in [1.165, 1.54) is 0 Å². The van der Waals surface area contributed by atoms with Crippen LogP contribution in [0, 0.1) is 0 Å². The average molecular weight is 281 g/mol. The van der Waals surface area contributed by atoms with Gasteiger partial charge in [-0.2, -0.15) is 0 Å². The van der Waals surface area contributed by atoms with Crippen molar-refractivity contribution in [1.82, 2.24) is 5.32 Å². The maximum absolute atomic E-state index is 11.6. The van der Waals surface area contributed by atoms with Crippen LogP contribution in [0.1, 0.15) is 0 Å². The predicted molar refractivity (Wildman–Crippen MR) is 74.5 cm³/mol. The van der Waals surface area contributed by atoms with Crippen molar-refractivity contribution < 1.29 is 19.1 Å². The van der Waals surface area contributed by atoms with Gasteiger partial charge in [0.1, 0.15) is 5.75 Å². The first-order chi connectivity index (χ1) is 9.61. The highest BCUT2D eigenvalue weighted by Gasteiger charge is 2.02. The van der Waals surface area contributed by atoms with Crippen molar-refractivity contribution in [2.75, 3.05) is 38.7 Å². The highest BCUT2D eigenvalue weighted by atomic mass is 16.5. The Morgan fingerprint density at radius 3 is 2.55 bits per heavy atom. The van der Waals surface area contributed by atoms with Crippen LogP contribution in [0.2, 0.25) is 0 Å². The average Bonchev–Trinajstić information content (AvgIpc) is 2.43. The Balaban J connectivity index is 2.33. The molecule has 1 aromatic carbocycles. The number of ether oxygens (including phenoxy) is 2. The van der Waals surface area contributed by atoms with E-state index in [1.54, 1.807) is 31.4 Å². The Morgan fingerprint density at radius 1 is 1.25 bits per heavy atom. The van der Waals surface area contributed by atoms with Gasteiger partial charge in [0.05, 0.1) is 13.2 Å². The second-order valence-corrected chi connectivity index (χ2v) is 4.00. The molecule has 0 saturated heterocycles. The summed E-state index contributed by atoms with van der Waals surface area (Å²) >= 11 is 0. The Labute approximate surface area is 117 Å². The molecule has 1 aromatic rings. The van der Waals surface area contributed by atoms with Crippen LogP contribution in [0.4, 0.5) is 5.69 Å². The molecule has 0 unspecified atom stereocenters. The summed E-state index contributed by atoms with van der Waals surface area (Å²) < 4.78 is 9.96. The van der Waals surface area contributed by atoms with Crippen LogP contribution in [0.25, 0.3) is 0 Å². The van der Waals surface area contributed by atoms with E-state index in [1.807, 2.05) is 0 Å². The number of benzene rings is 1. The van der Waals surface area contributed by atoms with E-state index in [9.17, 15) is 9.59 Å². The van der Waals surface area contributed by atoms with Crippen molar-refractivity contribution in [2.45, 2.75) is 0 Å². The van der Waals surface area contributed by atoms with Crippen LogP contribution in [0.15, 0.2) is 24.3 Å². The van der Waals surface area contributed by atoms with Gasteiger partial charge in [-0.25, -0.2) is 0 Å². The van der Waals surface area contributed by atoms with Crippen LogP contribution < -0.4 is 21.1 Å². The van der Waals surface area contributed by atoms with E-state index in [2.05, 4.69) is 10.6 Å². The molecule has 0 radical (unpaired) electrons. The van der Waals surface area contributed by atoms with Gasteiger partial charge in [0, 0.05) is 19.3 Å². The number of hydrogen-bond donors (Lipinski definition) is 3.